The summed E-state index contributed by atoms with van der Waals surface area (Å²) >= 11 is 5.98. The molecule has 0 bridgehead atoms. The van der Waals surface area contributed by atoms with E-state index in [9.17, 15) is 22.4 Å². The second-order valence-corrected chi connectivity index (χ2v) is 14.5. The van der Waals surface area contributed by atoms with Crippen molar-refractivity contribution >= 4 is 33.4 Å². The van der Waals surface area contributed by atoms with E-state index in [0.717, 1.165) is 12.0 Å². The summed E-state index contributed by atoms with van der Waals surface area (Å²) in [7, 11) is -3.96. The van der Waals surface area contributed by atoms with Gasteiger partial charge in [-0.1, -0.05) is 63.3 Å². The lowest BCUT2D eigenvalue weighted by molar-refractivity contribution is -0.137. The molecule has 1 saturated carbocycles. The molecule has 0 spiro atoms. The first-order valence-corrected chi connectivity index (χ1v) is 16.9. The fourth-order valence-electron chi connectivity index (χ4n) is 6.07. The maximum Gasteiger partial charge on any atom is 0.243 e. The van der Waals surface area contributed by atoms with Crippen LogP contribution < -0.4 is 0 Å². The van der Waals surface area contributed by atoms with Gasteiger partial charge < -0.3 is 9.80 Å². The molecule has 7 nitrogen and oxygen atoms in total. The Balaban J connectivity index is 1.48. The van der Waals surface area contributed by atoms with Crippen molar-refractivity contribution in [1.29, 1.82) is 0 Å². The molecule has 2 aromatic carbocycles. The second kappa shape index (κ2) is 14.8. The van der Waals surface area contributed by atoms with Crippen molar-refractivity contribution in [3.05, 3.63) is 64.9 Å². The third-order valence-corrected chi connectivity index (χ3v) is 10.5. The van der Waals surface area contributed by atoms with Crippen LogP contribution in [0.1, 0.15) is 70.8 Å². The molecule has 2 amide bonds. The molecule has 10 heteroatoms. The normalized spacial score (nSPS) is 16.9. The standard InChI is InChI=1S/C32H43ClFN3O4S/c1-24(2)21-36(42(40,41)30-14-10-27(33)11-15-30)23-32(39)37(22-26-7-12-28(34)13-8-26)29-17-19-35(20-18-29)31(38)16-9-25-5-3-4-6-25/h7-8,10-15,24-25,29H,3-6,9,16-23H2,1-2H3. The number of sulfonamides is 1. The Labute approximate surface area is 255 Å². The van der Waals surface area contributed by atoms with E-state index in [2.05, 4.69) is 0 Å². The van der Waals surface area contributed by atoms with Crippen molar-refractivity contribution < 1.29 is 22.4 Å². The Bertz CT molecular complexity index is 1290. The van der Waals surface area contributed by atoms with Gasteiger partial charge in [-0.3, -0.25) is 9.59 Å². The van der Waals surface area contributed by atoms with Gasteiger partial charge in [0.1, 0.15) is 5.82 Å². The summed E-state index contributed by atoms with van der Waals surface area (Å²) in [4.78, 5) is 30.6. The molecule has 1 aliphatic carbocycles. The van der Waals surface area contributed by atoms with Crippen molar-refractivity contribution in [2.45, 2.75) is 82.7 Å². The molecule has 1 aliphatic heterocycles. The van der Waals surface area contributed by atoms with Gasteiger partial charge in [0, 0.05) is 43.7 Å². The number of hydrogen-bond acceptors (Lipinski definition) is 4. The first kappa shape index (κ1) is 32.4. The number of likely N-dealkylation sites (tertiary alicyclic amines) is 1. The maximum absolute atomic E-state index is 13.9. The molecule has 0 unspecified atom stereocenters. The lowest BCUT2D eigenvalue weighted by Gasteiger charge is -2.39. The number of rotatable bonds is 12. The molecule has 4 rings (SSSR count). The Morgan fingerprint density at radius 1 is 0.976 bits per heavy atom. The van der Waals surface area contributed by atoms with Crippen LogP contribution in [-0.2, 0) is 26.2 Å². The van der Waals surface area contributed by atoms with Crippen LogP contribution in [0.4, 0.5) is 4.39 Å². The van der Waals surface area contributed by atoms with Crippen molar-refractivity contribution in [3.8, 4) is 0 Å². The van der Waals surface area contributed by atoms with Gasteiger partial charge in [0.15, 0.2) is 0 Å². The average Bonchev–Trinajstić information content (AvgIpc) is 3.49. The highest BCUT2D eigenvalue weighted by molar-refractivity contribution is 7.89. The summed E-state index contributed by atoms with van der Waals surface area (Å²) in [5.41, 5.74) is 0.760. The number of hydrogen-bond donors (Lipinski definition) is 0. The predicted octanol–water partition coefficient (Wildman–Crippen LogP) is 6.12. The van der Waals surface area contributed by atoms with Crippen molar-refractivity contribution in [1.82, 2.24) is 14.1 Å². The molecule has 0 radical (unpaired) electrons. The van der Waals surface area contributed by atoms with Gasteiger partial charge in [0.25, 0.3) is 0 Å². The molecule has 230 valence electrons. The number of benzene rings is 2. The van der Waals surface area contributed by atoms with Gasteiger partial charge in [-0.25, -0.2) is 12.8 Å². The number of amides is 2. The third-order valence-electron chi connectivity index (χ3n) is 8.42. The molecular weight excluding hydrogens is 577 g/mol. The second-order valence-electron chi connectivity index (χ2n) is 12.1. The molecule has 0 aromatic heterocycles. The van der Waals surface area contributed by atoms with Crippen LogP contribution in [-0.4, -0.2) is 66.6 Å². The molecule has 2 aromatic rings. The summed E-state index contributed by atoms with van der Waals surface area (Å²) in [6.45, 7) is 5.02. The van der Waals surface area contributed by atoms with Gasteiger partial charge >= 0.3 is 0 Å². The SMILES string of the molecule is CC(C)CN(CC(=O)N(Cc1ccc(F)cc1)C1CCN(C(=O)CCC2CCCC2)CC1)S(=O)(=O)c1ccc(Cl)cc1. The van der Waals surface area contributed by atoms with Gasteiger partial charge in [0.2, 0.25) is 21.8 Å². The van der Waals surface area contributed by atoms with E-state index in [1.807, 2.05) is 18.7 Å². The van der Waals surface area contributed by atoms with Crippen molar-refractivity contribution in [2.24, 2.45) is 11.8 Å². The predicted molar refractivity (Wildman–Crippen MR) is 163 cm³/mol. The van der Waals surface area contributed by atoms with E-state index in [1.165, 1.54) is 66.4 Å². The number of halogens is 2. The zero-order chi connectivity index (χ0) is 30.3. The maximum atomic E-state index is 13.9. The summed E-state index contributed by atoms with van der Waals surface area (Å²) in [5.74, 6) is 0.146. The molecular formula is C32H43ClFN3O4S. The summed E-state index contributed by atoms with van der Waals surface area (Å²) in [5, 5.41) is 0.425. The highest BCUT2D eigenvalue weighted by Crippen LogP contribution is 2.29. The Kier molecular flexibility index (Phi) is 11.4. The van der Waals surface area contributed by atoms with Gasteiger partial charge in [0.05, 0.1) is 11.4 Å². The highest BCUT2D eigenvalue weighted by Gasteiger charge is 2.34. The zero-order valence-electron chi connectivity index (χ0n) is 24.7. The first-order chi connectivity index (χ1) is 20.0. The quantitative estimate of drug-likeness (QED) is 0.287. The van der Waals surface area contributed by atoms with Crippen LogP contribution in [0.15, 0.2) is 53.4 Å². The van der Waals surface area contributed by atoms with Crippen LogP contribution in [0.2, 0.25) is 5.02 Å². The lowest BCUT2D eigenvalue weighted by atomic mass is 9.99. The van der Waals surface area contributed by atoms with Gasteiger partial charge in [-0.2, -0.15) is 4.31 Å². The Hall–Kier alpha value is -2.49. The van der Waals surface area contributed by atoms with E-state index >= 15 is 0 Å². The molecule has 1 heterocycles. The molecule has 2 fully saturated rings. The van der Waals surface area contributed by atoms with Crippen LogP contribution in [0.3, 0.4) is 0 Å². The molecule has 0 atom stereocenters. The van der Waals surface area contributed by atoms with Crippen LogP contribution in [0.25, 0.3) is 0 Å². The monoisotopic (exact) mass is 619 g/mol. The minimum absolute atomic E-state index is 0.0103. The first-order valence-electron chi connectivity index (χ1n) is 15.1. The summed E-state index contributed by atoms with van der Waals surface area (Å²) < 4.78 is 42.1. The van der Waals surface area contributed by atoms with Gasteiger partial charge in [-0.15, -0.1) is 0 Å². The summed E-state index contributed by atoms with van der Waals surface area (Å²) in [6.07, 6.45) is 7.69. The zero-order valence-corrected chi connectivity index (χ0v) is 26.3. The summed E-state index contributed by atoms with van der Waals surface area (Å²) in [6, 6.07) is 11.8. The lowest BCUT2D eigenvalue weighted by Crippen LogP contribution is -2.51. The molecule has 0 N–H and O–H groups in total. The topological polar surface area (TPSA) is 78.0 Å². The average molecular weight is 620 g/mol. The van der Waals surface area contributed by atoms with E-state index in [0.29, 0.717) is 43.3 Å². The fraction of sp³-hybridized carbons (Fsp3) is 0.562. The third kappa shape index (κ3) is 8.77. The number of piperidine rings is 1. The van der Waals surface area contributed by atoms with E-state index in [1.54, 1.807) is 17.0 Å². The molecule has 42 heavy (non-hydrogen) atoms. The molecule has 2 aliphatic rings. The number of carbonyl (C=O) groups excluding carboxylic acids is 2. The smallest absolute Gasteiger partial charge is 0.243 e. The minimum atomic E-state index is -3.96. The van der Waals surface area contributed by atoms with Crippen molar-refractivity contribution in [2.75, 3.05) is 26.2 Å². The van der Waals surface area contributed by atoms with Gasteiger partial charge in [-0.05, 0) is 73.1 Å². The Morgan fingerprint density at radius 3 is 2.19 bits per heavy atom. The van der Waals surface area contributed by atoms with Crippen LogP contribution >= 0.6 is 11.6 Å². The van der Waals surface area contributed by atoms with Crippen LogP contribution in [0, 0.1) is 17.7 Å². The van der Waals surface area contributed by atoms with E-state index < -0.39 is 10.0 Å². The minimum Gasteiger partial charge on any atom is -0.343 e. The van der Waals surface area contributed by atoms with Crippen molar-refractivity contribution in [3.63, 3.8) is 0 Å². The van der Waals surface area contributed by atoms with Crippen LogP contribution in [0.5, 0.6) is 0 Å². The molecule has 1 saturated heterocycles. The number of carbonyl (C=O) groups is 2. The fourth-order valence-corrected chi connectivity index (χ4v) is 7.75. The van der Waals surface area contributed by atoms with E-state index in [-0.39, 0.29) is 54.1 Å². The number of nitrogens with zero attached hydrogens (tertiary/aromatic N) is 3. The van der Waals surface area contributed by atoms with E-state index in [4.69, 9.17) is 11.6 Å². The highest BCUT2D eigenvalue weighted by atomic mass is 35.5. The Morgan fingerprint density at radius 2 is 1.60 bits per heavy atom. The largest absolute Gasteiger partial charge is 0.343 e.